The van der Waals surface area contributed by atoms with Crippen molar-refractivity contribution < 1.29 is 4.42 Å². The van der Waals surface area contributed by atoms with Crippen molar-refractivity contribution in [1.29, 1.82) is 0 Å². The van der Waals surface area contributed by atoms with Gasteiger partial charge in [-0.1, -0.05) is 6.42 Å². The van der Waals surface area contributed by atoms with Gasteiger partial charge in [0.05, 0.1) is 12.0 Å². The van der Waals surface area contributed by atoms with E-state index in [2.05, 4.69) is 0 Å². The highest BCUT2D eigenvalue weighted by molar-refractivity contribution is 7.98. The molecule has 0 aliphatic carbocycles. The van der Waals surface area contributed by atoms with Crippen LogP contribution in [-0.4, -0.2) is 11.6 Å². The Bertz CT molecular complexity index is 199. The van der Waals surface area contributed by atoms with E-state index in [0.717, 1.165) is 23.8 Å². The molecule has 13 heavy (non-hydrogen) atoms. The summed E-state index contributed by atoms with van der Waals surface area (Å²) in [6.45, 7) is 0. The minimum atomic E-state index is 0.794. The number of halogens is 1. The molecule has 0 amide bonds. The van der Waals surface area contributed by atoms with E-state index in [9.17, 15) is 0 Å². The van der Waals surface area contributed by atoms with Crippen molar-refractivity contribution in [2.24, 2.45) is 0 Å². The third-order valence-corrected chi connectivity index (χ3v) is 3.08. The monoisotopic (exact) mass is 218 g/mol. The van der Waals surface area contributed by atoms with Crippen molar-refractivity contribution in [3.63, 3.8) is 0 Å². The first-order chi connectivity index (χ1) is 6.43. The van der Waals surface area contributed by atoms with Crippen LogP contribution < -0.4 is 0 Å². The lowest BCUT2D eigenvalue weighted by Gasteiger charge is -1.98. The zero-order valence-corrected chi connectivity index (χ0v) is 9.24. The second-order valence-electron chi connectivity index (χ2n) is 2.88. The molecule has 0 N–H and O–H groups in total. The summed E-state index contributed by atoms with van der Waals surface area (Å²) in [5.74, 6) is 4.07. The minimum absolute atomic E-state index is 0.794. The van der Waals surface area contributed by atoms with Gasteiger partial charge in [-0.2, -0.15) is 11.8 Å². The highest BCUT2D eigenvalue weighted by Gasteiger charge is 1.95. The topological polar surface area (TPSA) is 13.1 Å². The SMILES string of the molecule is ClCCCCCSCc1ccco1. The van der Waals surface area contributed by atoms with Crippen molar-refractivity contribution in [1.82, 2.24) is 0 Å². The van der Waals surface area contributed by atoms with Gasteiger partial charge in [-0.3, -0.25) is 0 Å². The molecule has 0 bridgehead atoms. The van der Waals surface area contributed by atoms with Crippen LogP contribution in [0, 0.1) is 0 Å². The highest BCUT2D eigenvalue weighted by Crippen LogP contribution is 2.14. The molecular weight excluding hydrogens is 204 g/mol. The molecule has 0 aliphatic heterocycles. The van der Waals surface area contributed by atoms with E-state index < -0.39 is 0 Å². The van der Waals surface area contributed by atoms with Crippen LogP contribution in [0.15, 0.2) is 22.8 Å². The van der Waals surface area contributed by atoms with Crippen molar-refractivity contribution in [2.75, 3.05) is 11.6 Å². The molecule has 3 heteroatoms. The molecule has 0 aromatic carbocycles. The Morgan fingerprint density at radius 1 is 1.31 bits per heavy atom. The van der Waals surface area contributed by atoms with Gasteiger partial charge < -0.3 is 4.42 Å². The Labute approximate surface area is 88.8 Å². The Morgan fingerprint density at radius 3 is 2.92 bits per heavy atom. The molecule has 1 nitrogen and oxygen atoms in total. The van der Waals surface area contributed by atoms with Crippen LogP contribution >= 0.6 is 23.4 Å². The van der Waals surface area contributed by atoms with Gasteiger partial charge in [0.1, 0.15) is 5.76 Å². The molecule has 0 spiro atoms. The number of furan rings is 1. The summed E-state index contributed by atoms with van der Waals surface area (Å²) in [6.07, 6.45) is 5.37. The van der Waals surface area contributed by atoms with Gasteiger partial charge in [-0.25, -0.2) is 0 Å². The summed E-state index contributed by atoms with van der Waals surface area (Å²) in [4.78, 5) is 0. The van der Waals surface area contributed by atoms with E-state index >= 15 is 0 Å². The maximum absolute atomic E-state index is 5.57. The lowest BCUT2D eigenvalue weighted by Crippen LogP contribution is -1.83. The molecule has 0 radical (unpaired) electrons. The van der Waals surface area contributed by atoms with Crippen molar-refractivity contribution in [2.45, 2.75) is 25.0 Å². The number of rotatable bonds is 7. The molecule has 1 rings (SSSR count). The molecule has 0 aliphatic rings. The second kappa shape index (κ2) is 7.34. The van der Waals surface area contributed by atoms with E-state index in [0.29, 0.717) is 0 Å². The van der Waals surface area contributed by atoms with Gasteiger partial charge >= 0.3 is 0 Å². The van der Waals surface area contributed by atoms with E-state index in [1.54, 1.807) is 6.26 Å². The zero-order chi connectivity index (χ0) is 9.36. The van der Waals surface area contributed by atoms with Crippen LogP contribution in [0.2, 0.25) is 0 Å². The first kappa shape index (κ1) is 11.0. The van der Waals surface area contributed by atoms with E-state index in [1.807, 2.05) is 23.9 Å². The fourth-order valence-electron chi connectivity index (χ4n) is 1.04. The average Bonchev–Trinajstić information content (AvgIpc) is 2.63. The molecule has 0 unspecified atom stereocenters. The molecule has 0 atom stereocenters. The molecule has 74 valence electrons. The fourth-order valence-corrected chi connectivity index (χ4v) is 2.15. The third-order valence-electron chi connectivity index (χ3n) is 1.75. The predicted molar refractivity (Wildman–Crippen MR) is 59.4 cm³/mol. The van der Waals surface area contributed by atoms with Gasteiger partial charge in [0.25, 0.3) is 0 Å². The maximum Gasteiger partial charge on any atom is 0.113 e. The second-order valence-corrected chi connectivity index (χ2v) is 4.36. The smallest absolute Gasteiger partial charge is 0.113 e. The van der Waals surface area contributed by atoms with Crippen molar-refractivity contribution in [3.05, 3.63) is 24.2 Å². The lowest BCUT2D eigenvalue weighted by molar-refractivity contribution is 0.530. The maximum atomic E-state index is 5.57. The number of unbranched alkanes of at least 4 members (excludes halogenated alkanes) is 2. The molecule has 0 saturated heterocycles. The molecule has 1 aromatic heterocycles. The molecule has 1 aromatic rings. The predicted octanol–water partition coefficient (Wildman–Crippen LogP) is 3.92. The van der Waals surface area contributed by atoms with Gasteiger partial charge in [0, 0.05) is 5.88 Å². The Kier molecular flexibility index (Phi) is 6.21. The van der Waals surface area contributed by atoms with Crippen molar-refractivity contribution in [3.8, 4) is 0 Å². The van der Waals surface area contributed by atoms with Crippen LogP contribution in [0.3, 0.4) is 0 Å². The minimum Gasteiger partial charge on any atom is -0.468 e. The Balaban J connectivity index is 1.90. The number of alkyl halides is 1. The summed E-state index contributed by atoms with van der Waals surface area (Å²) in [5.41, 5.74) is 0. The number of thioether (sulfide) groups is 1. The quantitative estimate of drug-likeness (QED) is 0.508. The Morgan fingerprint density at radius 2 is 2.23 bits per heavy atom. The summed E-state index contributed by atoms with van der Waals surface area (Å²) in [5, 5.41) is 0. The van der Waals surface area contributed by atoms with Gasteiger partial charge in [-0.05, 0) is 30.7 Å². The van der Waals surface area contributed by atoms with Crippen LogP contribution in [-0.2, 0) is 5.75 Å². The standard InChI is InChI=1S/C10H15ClOS/c11-6-2-1-3-8-13-9-10-5-4-7-12-10/h4-5,7H,1-3,6,8-9H2. The van der Waals surface area contributed by atoms with Crippen LogP contribution in [0.1, 0.15) is 25.0 Å². The first-order valence-corrected chi connectivity index (χ1v) is 6.28. The summed E-state index contributed by atoms with van der Waals surface area (Å²) in [6, 6.07) is 3.95. The van der Waals surface area contributed by atoms with Crippen LogP contribution in [0.4, 0.5) is 0 Å². The van der Waals surface area contributed by atoms with Crippen LogP contribution in [0.5, 0.6) is 0 Å². The van der Waals surface area contributed by atoms with Gasteiger partial charge in [0.15, 0.2) is 0 Å². The molecular formula is C10H15ClOS. The van der Waals surface area contributed by atoms with Gasteiger partial charge in [0.2, 0.25) is 0 Å². The molecule has 0 saturated carbocycles. The van der Waals surface area contributed by atoms with Crippen molar-refractivity contribution >= 4 is 23.4 Å². The van der Waals surface area contributed by atoms with Crippen LogP contribution in [0.25, 0.3) is 0 Å². The first-order valence-electron chi connectivity index (χ1n) is 4.59. The Hall–Kier alpha value is -0.0800. The normalized spacial score (nSPS) is 10.5. The average molecular weight is 219 g/mol. The summed E-state index contributed by atoms with van der Waals surface area (Å²) >= 11 is 7.50. The highest BCUT2D eigenvalue weighted by atomic mass is 35.5. The third kappa shape index (κ3) is 5.27. The zero-order valence-electron chi connectivity index (χ0n) is 7.67. The van der Waals surface area contributed by atoms with E-state index in [1.165, 1.54) is 18.6 Å². The lowest BCUT2D eigenvalue weighted by atomic mass is 10.3. The van der Waals surface area contributed by atoms with E-state index in [-0.39, 0.29) is 0 Å². The number of hydrogen-bond acceptors (Lipinski definition) is 2. The van der Waals surface area contributed by atoms with E-state index in [4.69, 9.17) is 16.0 Å². The summed E-state index contributed by atoms with van der Waals surface area (Å²) < 4.78 is 5.22. The number of hydrogen-bond donors (Lipinski definition) is 0. The summed E-state index contributed by atoms with van der Waals surface area (Å²) in [7, 11) is 0. The molecule has 0 fully saturated rings. The van der Waals surface area contributed by atoms with Gasteiger partial charge in [-0.15, -0.1) is 11.6 Å². The largest absolute Gasteiger partial charge is 0.468 e. The fraction of sp³-hybridized carbons (Fsp3) is 0.600. The molecule has 1 heterocycles.